The highest BCUT2D eigenvalue weighted by atomic mass is 16.4. The summed E-state index contributed by atoms with van der Waals surface area (Å²) in [5, 5.41) is 44.5. The molecule has 15 N–H and O–H groups in total. The summed E-state index contributed by atoms with van der Waals surface area (Å²) in [4.78, 5) is 109. The first kappa shape index (κ1) is 52.2. The Labute approximate surface area is 365 Å². The zero-order valence-electron chi connectivity index (χ0n) is 36.2. The van der Waals surface area contributed by atoms with Crippen molar-refractivity contribution in [3.8, 4) is 11.5 Å². The second-order valence-corrected chi connectivity index (χ2v) is 15.7. The predicted octanol–water partition coefficient (Wildman–Crippen LogP) is -1.08. The number of carboxylic acid groups (broad SMARTS) is 1. The van der Waals surface area contributed by atoms with Gasteiger partial charge in [0.25, 0.3) is 0 Å². The molecule has 0 radical (unpaired) electrons. The third kappa shape index (κ3) is 19.1. The Morgan fingerprint density at radius 1 is 0.619 bits per heavy atom. The van der Waals surface area contributed by atoms with Crippen molar-refractivity contribution >= 4 is 53.3 Å². The van der Waals surface area contributed by atoms with E-state index in [0.717, 1.165) is 0 Å². The number of carbonyl (C=O) groups is 8. The Bertz CT molecular complexity index is 1920. The summed E-state index contributed by atoms with van der Waals surface area (Å²) in [7, 11) is 0. The highest BCUT2D eigenvalue weighted by Gasteiger charge is 2.35. The maximum atomic E-state index is 14.2. The van der Waals surface area contributed by atoms with E-state index < -0.39 is 90.0 Å². The number of aromatic hydroxyl groups is 2. The van der Waals surface area contributed by atoms with Crippen molar-refractivity contribution in [2.45, 2.75) is 116 Å². The summed E-state index contributed by atoms with van der Waals surface area (Å²) in [6.45, 7) is 8.51. The second-order valence-electron chi connectivity index (χ2n) is 15.7. The minimum atomic E-state index is -1.78. The summed E-state index contributed by atoms with van der Waals surface area (Å²) in [5.41, 5.74) is 17.4. The number of amides is 7. The van der Waals surface area contributed by atoms with E-state index in [1.165, 1.54) is 55.5 Å². The summed E-state index contributed by atoms with van der Waals surface area (Å²) < 4.78 is 0. The van der Waals surface area contributed by atoms with Gasteiger partial charge in [-0.1, -0.05) is 58.4 Å². The quantitative estimate of drug-likeness (QED) is 0.0304. The lowest BCUT2D eigenvalue weighted by molar-refractivity contribution is -0.141. The molecule has 21 heteroatoms. The molecule has 0 spiro atoms. The van der Waals surface area contributed by atoms with Gasteiger partial charge >= 0.3 is 5.97 Å². The Kier molecular flexibility index (Phi) is 21.3. The molecule has 21 nitrogen and oxygen atoms in total. The van der Waals surface area contributed by atoms with Gasteiger partial charge in [0.05, 0.1) is 6.42 Å². The van der Waals surface area contributed by atoms with Crippen LogP contribution >= 0.6 is 0 Å². The topological polar surface area (TPSA) is 360 Å². The normalized spacial score (nSPS) is 14.3. The Morgan fingerprint density at radius 2 is 1.06 bits per heavy atom. The molecule has 346 valence electrons. The van der Waals surface area contributed by atoms with Crippen LogP contribution < -0.4 is 49.1 Å². The molecule has 0 saturated carbocycles. The van der Waals surface area contributed by atoms with Crippen LogP contribution in [-0.4, -0.2) is 111 Å². The number of nitrogens with zero attached hydrogens (tertiary/aromatic N) is 1. The number of hydrogen-bond donors (Lipinski definition) is 12. The van der Waals surface area contributed by atoms with Gasteiger partial charge in [-0.25, -0.2) is 0 Å². The number of rotatable bonds is 26. The summed E-state index contributed by atoms with van der Waals surface area (Å²) in [6, 6.07) is 3.15. The van der Waals surface area contributed by atoms with Crippen molar-refractivity contribution in [1.29, 1.82) is 0 Å². The van der Waals surface area contributed by atoms with Gasteiger partial charge in [0.1, 0.15) is 47.8 Å². The van der Waals surface area contributed by atoms with E-state index in [9.17, 15) is 53.7 Å². The molecule has 0 bridgehead atoms. The van der Waals surface area contributed by atoms with Crippen LogP contribution in [0, 0.1) is 11.8 Å². The van der Waals surface area contributed by atoms with Crippen molar-refractivity contribution in [3.63, 3.8) is 0 Å². The highest BCUT2D eigenvalue weighted by molar-refractivity contribution is 5.98. The molecule has 0 heterocycles. The SMILES string of the molecule is CC[C@H](C)[C@H](NC(C)=O)C(=O)N[C@@H](CCCN=C(N)N)C(=O)N[C@@H](CC(C)C)C(=O)N[C@@H](Cc1ccc(O)cc1)C(=O)N[C@@H](CC(=O)O)C(=O)N[C@@H](Cc1ccc(O)cc1)C(N)=O. The monoisotopic (exact) mass is 882 g/mol. The minimum absolute atomic E-state index is 0.0160. The van der Waals surface area contributed by atoms with Crippen molar-refractivity contribution in [2.75, 3.05) is 6.54 Å². The third-order valence-corrected chi connectivity index (χ3v) is 9.83. The zero-order valence-corrected chi connectivity index (χ0v) is 36.2. The summed E-state index contributed by atoms with van der Waals surface area (Å²) >= 11 is 0. The lowest BCUT2D eigenvalue weighted by Gasteiger charge is -2.29. The average Bonchev–Trinajstić information content (AvgIpc) is 3.20. The molecular formula is C42H62N10O11. The summed E-state index contributed by atoms with van der Waals surface area (Å²) in [5.74, 6) is -8.11. The number of aliphatic carboxylic acids is 1. The van der Waals surface area contributed by atoms with Crippen LogP contribution in [0.2, 0.25) is 0 Å². The standard InChI is InChI=1S/C42H62N10O11/c1-6-23(4)35(47-24(5)53)41(63)48-29(8-7-17-46-42(44)45)37(59)50-31(18-22(2)3)38(60)51-32(20-26-11-15-28(55)16-12-26)39(61)52-33(21-34(56)57)40(62)49-30(36(43)58)19-25-9-13-27(54)14-10-25/h9-16,22-23,29-33,35,54-55H,6-8,17-21H2,1-5H3,(H2,43,58)(H,47,53)(H,48,63)(H,49,62)(H,50,59)(H,51,60)(H,52,61)(H,56,57)(H4,44,45,46)/t23-,29-,30-,31-,32-,33-,35-/m0/s1. The lowest BCUT2D eigenvalue weighted by atomic mass is 9.97. The fourth-order valence-electron chi connectivity index (χ4n) is 6.30. The molecule has 0 aliphatic carbocycles. The van der Waals surface area contributed by atoms with E-state index >= 15 is 0 Å². The van der Waals surface area contributed by atoms with Crippen molar-refractivity contribution in [2.24, 2.45) is 34.0 Å². The first-order valence-corrected chi connectivity index (χ1v) is 20.5. The van der Waals surface area contributed by atoms with Crippen LogP contribution in [0.15, 0.2) is 53.5 Å². The number of nitrogens with two attached hydrogens (primary N) is 3. The molecule has 0 aliphatic rings. The number of nitrogens with one attached hydrogen (secondary N) is 6. The third-order valence-electron chi connectivity index (χ3n) is 9.83. The van der Waals surface area contributed by atoms with Gasteiger partial charge in [0, 0.05) is 26.3 Å². The molecule has 0 fully saturated rings. The Morgan fingerprint density at radius 3 is 1.54 bits per heavy atom. The molecule has 7 amide bonds. The maximum absolute atomic E-state index is 14.2. The second kappa shape index (κ2) is 25.8. The molecule has 7 atom stereocenters. The van der Waals surface area contributed by atoms with E-state index in [0.29, 0.717) is 17.5 Å². The molecule has 0 aliphatic heterocycles. The predicted molar refractivity (Wildman–Crippen MR) is 231 cm³/mol. The lowest BCUT2D eigenvalue weighted by Crippen LogP contribution is -2.60. The van der Waals surface area contributed by atoms with Crippen molar-refractivity contribution < 1.29 is 53.7 Å². The Hall–Kier alpha value is -6.93. The molecule has 2 rings (SSSR count). The number of guanidine groups is 1. The van der Waals surface area contributed by atoms with E-state index in [4.69, 9.17) is 17.2 Å². The van der Waals surface area contributed by atoms with E-state index in [2.05, 4.69) is 36.9 Å². The van der Waals surface area contributed by atoms with E-state index in [1.807, 2.05) is 6.92 Å². The zero-order chi connectivity index (χ0) is 47.4. The largest absolute Gasteiger partial charge is 0.508 e. The molecule has 0 aromatic heterocycles. The molecule has 63 heavy (non-hydrogen) atoms. The maximum Gasteiger partial charge on any atom is 0.305 e. The first-order chi connectivity index (χ1) is 29.6. The van der Waals surface area contributed by atoms with Gasteiger partial charge in [-0.2, -0.15) is 0 Å². The van der Waals surface area contributed by atoms with Crippen molar-refractivity contribution in [1.82, 2.24) is 31.9 Å². The molecule has 2 aromatic rings. The van der Waals surface area contributed by atoms with Crippen LogP contribution in [-0.2, 0) is 51.2 Å². The van der Waals surface area contributed by atoms with Crippen LogP contribution in [0.25, 0.3) is 0 Å². The van der Waals surface area contributed by atoms with Crippen LogP contribution in [0.1, 0.15) is 77.8 Å². The van der Waals surface area contributed by atoms with E-state index in [-0.39, 0.29) is 67.9 Å². The number of primary amides is 1. The number of carbonyl (C=O) groups excluding carboxylic acids is 7. The van der Waals surface area contributed by atoms with Gasteiger partial charge in [0.15, 0.2) is 5.96 Å². The number of carboxylic acids is 1. The van der Waals surface area contributed by atoms with Crippen LogP contribution in [0.5, 0.6) is 11.5 Å². The molecule has 0 saturated heterocycles. The van der Waals surface area contributed by atoms with Gasteiger partial charge in [-0.05, 0) is 66.5 Å². The fourth-order valence-corrected chi connectivity index (χ4v) is 6.30. The van der Waals surface area contributed by atoms with Crippen molar-refractivity contribution in [3.05, 3.63) is 59.7 Å². The number of phenolic OH excluding ortho intramolecular Hbond substituents is 2. The van der Waals surface area contributed by atoms with Crippen LogP contribution in [0.4, 0.5) is 0 Å². The van der Waals surface area contributed by atoms with Gasteiger partial charge in [-0.15, -0.1) is 0 Å². The van der Waals surface area contributed by atoms with Crippen LogP contribution in [0.3, 0.4) is 0 Å². The summed E-state index contributed by atoms with van der Waals surface area (Å²) in [6.07, 6.45) is -0.510. The molecule has 0 unspecified atom stereocenters. The minimum Gasteiger partial charge on any atom is -0.508 e. The fraction of sp³-hybridized carbons (Fsp3) is 0.500. The van der Waals surface area contributed by atoms with E-state index in [1.54, 1.807) is 20.8 Å². The Balaban J connectivity index is 2.46. The van der Waals surface area contributed by atoms with Gasteiger partial charge in [-0.3, -0.25) is 43.3 Å². The van der Waals surface area contributed by atoms with Gasteiger partial charge in [0.2, 0.25) is 41.4 Å². The number of phenols is 2. The molecule has 2 aromatic carbocycles. The smallest absolute Gasteiger partial charge is 0.305 e. The number of aliphatic imine (C=N–C) groups is 1. The number of benzene rings is 2. The first-order valence-electron chi connectivity index (χ1n) is 20.5. The number of hydrogen-bond acceptors (Lipinski definition) is 11. The molecular weight excluding hydrogens is 821 g/mol. The average molecular weight is 883 g/mol. The van der Waals surface area contributed by atoms with Gasteiger partial charge < -0.3 is 64.4 Å². The highest BCUT2D eigenvalue weighted by Crippen LogP contribution is 2.15.